The van der Waals surface area contributed by atoms with Gasteiger partial charge in [0.1, 0.15) is 12.6 Å². The molecule has 8 nitrogen and oxygen atoms in total. The predicted molar refractivity (Wildman–Crippen MR) is 231 cm³/mol. The Bertz CT molecular complexity index is 1100. The van der Waals surface area contributed by atoms with E-state index in [9.17, 15) is 19.5 Å². The molecule has 0 aromatic rings. The number of carboxylic acid groups (broad SMARTS) is 1. The van der Waals surface area contributed by atoms with Crippen LogP contribution in [0, 0.1) is 0 Å². The van der Waals surface area contributed by atoms with Gasteiger partial charge in [0, 0.05) is 19.3 Å². The minimum atomic E-state index is -1.13. The van der Waals surface area contributed by atoms with Crippen molar-refractivity contribution in [2.24, 2.45) is 0 Å². The molecule has 0 N–H and O–H groups in total. The number of unbranched alkanes of at least 4 members (excludes halogenated alkanes) is 16. The number of aliphatic carboxylic acids is 1. The summed E-state index contributed by atoms with van der Waals surface area (Å²) in [7, 11) is 5.39. The Hall–Kier alpha value is -2.97. The van der Waals surface area contributed by atoms with Gasteiger partial charge in [0.05, 0.1) is 40.3 Å². The van der Waals surface area contributed by atoms with E-state index in [4.69, 9.17) is 14.2 Å². The summed E-state index contributed by atoms with van der Waals surface area (Å²) in [4.78, 5) is 36.8. The molecule has 8 heteroatoms. The molecule has 0 rings (SSSR count). The number of ether oxygens (including phenoxy) is 3. The van der Waals surface area contributed by atoms with Gasteiger partial charge < -0.3 is 28.6 Å². The van der Waals surface area contributed by atoms with Crippen molar-refractivity contribution in [3.63, 3.8) is 0 Å². The lowest BCUT2D eigenvalue weighted by Crippen LogP contribution is -2.55. The van der Waals surface area contributed by atoms with Gasteiger partial charge in [-0.3, -0.25) is 9.59 Å². The zero-order chi connectivity index (χ0) is 41.4. The van der Waals surface area contributed by atoms with Gasteiger partial charge in [-0.1, -0.05) is 152 Å². The molecule has 322 valence electrons. The highest BCUT2D eigenvalue weighted by atomic mass is 16.6. The summed E-state index contributed by atoms with van der Waals surface area (Å²) in [5.41, 5.74) is 0. The topological polar surface area (TPSA) is 102 Å². The largest absolute Gasteiger partial charge is 0.544 e. The van der Waals surface area contributed by atoms with Gasteiger partial charge in [-0.25, -0.2) is 0 Å². The fourth-order valence-corrected chi connectivity index (χ4v) is 6.18. The van der Waals surface area contributed by atoms with Crippen molar-refractivity contribution in [3.8, 4) is 0 Å². The number of carboxylic acids is 1. The molecule has 0 amide bonds. The first-order valence-corrected chi connectivity index (χ1v) is 22.3. The van der Waals surface area contributed by atoms with E-state index in [2.05, 4.69) is 74.6 Å². The van der Waals surface area contributed by atoms with Gasteiger partial charge in [-0.05, 0) is 64.2 Å². The molecule has 0 heterocycles. The zero-order valence-corrected chi connectivity index (χ0v) is 36.5. The Morgan fingerprint density at radius 2 is 1.05 bits per heavy atom. The lowest BCUT2D eigenvalue weighted by atomic mass is 10.0. The van der Waals surface area contributed by atoms with Crippen LogP contribution in [0.4, 0.5) is 0 Å². The van der Waals surface area contributed by atoms with Crippen molar-refractivity contribution >= 4 is 17.9 Å². The number of quaternary nitrogens is 1. The number of allylic oxidation sites excluding steroid dienone is 10. The molecule has 0 aromatic heterocycles. The van der Waals surface area contributed by atoms with E-state index in [1.807, 2.05) is 0 Å². The van der Waals surface area contributed by atoms with Crippen LogP contribution < -0.4 is 5.11 Å². The smallest absolute Gasteiger partial charge is 0.306 e. The summed E-state index contributed by atoms with van der Waals surface area (Å²) in [6.07, 6.45) is 46.8. The lowest BCUT2D eigenvalue weighted by Gasteiger charge is -2.34. The van der Waals surface area contributed by atoms with Crippen molar-refractivity contribution in [2.45, 2.75) is 187 Å². The molecule has 0 radical (unpaired) electrons. The number of hydrogen-bond acceptors (Lipinski definition) is 7. The second kappa shape index (κ2) is 38.9. The lowest BCUT2D eigenvalue weighted by molar-refractivity contribution is -0.889. The molecular weight excluding hydrogens is 703 g/mol. The highest BCUT2D eigenvalue weighted by molar-refractivity contribution is 5.70. The minimum absolute atomic E-state index is 0.0294. The SMILES string of the molecule is CC/C=C/C/C=C/C/C=C/CCCCCCCCCCCCCC(=O)OC(COCCC(C(=O)[O-])[N+](C)(C)C)COC(=O)CCCCC/C=C/C=C/CCCC. The molecule has 0 fully saturated rings. The van der Waals surface area contributed by atoms with Crippen LogP contribution in [0.1, 0.15) is 174 Å². The van der Waals surface area contributed by atoms with Crippen LogP contribution >= 0.6 is 0 Å². The van der Waals surface area contributed by atoms with Gasteiger partial charge in [0.25, 0.3) is 0 Å². The first-order chi connectivity index (χ1) is 27.1. The van der Waals surface area contributed by atoms with Crippen LogP contribution in [0.3, 0.4) is 0 Å². The summed E-state index contributed by atoms with van der Waals surface area (Å²) in [5.74, 6) is -1.78. The van der Waals surface area contributed by atoms with E-state index in [0.29, 0.717) is 12.8 Å². The van der Waals surface area contributed by atoms with Crippen molar-refractivity contribution in [1.82, 2.24) is 0 Å². The summed E-state index contributed by atoms with van der Waals surface area (Å²) >= 11 is 0. The number of likely N-dealkylation sites (N-methyl/N-ethyl adjacent to an activating group) is 1. The maximum absolute atomic E-state index is 12.7. The van der Waals surface area contributed by atoms with Crippen LogP contribution in [-0.4, -0.2) is 75.5 Å². The Labute approximate surface area is 343 Å². The van der Waals surface area contributed by atoms with Crippen LogP contribution in [-0.2, 0) is 28.6 Å². The molecule has 0 aromatic carbocycles. The third-order valence-corrected chi connectivity index (χ3v) is 9.67. The minimum Gasteiger partial charge on any atom is -0.544 e. The molecule has 56 heavy (non-hydrogen) atoms. The number of hydrogen-bond donors (Lipinski definition) is 0. The number of rotatable bonds is 39. The fraction of sp³-hybridized carbons (Fsp3) is 0.729. The molecule has 0 aliphatic rings. The van der Waals surface area contributed by atoms with Gasteiger partial charge in [-0.15, -0.1) is 0 Å². The van der Waals surface area contributed by atoms with Crippen molar-refractivity contribution < 1.29 is 38.2 Å². The molecular formula is C48H83NO7. The molecule has 0 saturated carbocycles. The zero-order valence-electron chi connectivity index (χ0n) is 36.5. The summed E-state index contributed by atoms with van der Waals surface area (Å²) in [5, 5.41) is 11.6. The van der Waals surface area contributed by atoms with Crippen LogP contribution in [0.15, 0.2) is 60.8 Å². The van der Waals surface area contributed by atoms with Gasteiger partial charge in [0.15, 0.2) is 6.10 Å². The third-order valence-electron chi connectivity index (χ3n) is 9.67. The van der Waals surface area contributed by atoms with E-state index in [0.717, 1.165) is 70.6 Å². The molecule has 0 bridgehead atoms. The average molecular weight is 786 g/mol. The van der Waals surface area contributed by atoms with E-state index in [1.54, 1.807) is 21.1 Å². The predicted octanol–water partition coefficient (Wildman–Crippen LogP) is 10.9. The van der Waals surface area contributed by atoms with Crippen LogP contribution in [0.25, 0.3) is 0 Å². The van der Waals surface area contributed by atoms with E-state index < -0.39 is 18.1 Å². The van der Waals surface area contributed by atoms with Gasteiger partial charge in [-0.2, -0.15) is 0 Å². The molecule has 0 spiro atoms. The molecule has 2 atom stereocenters. The first-order valence-electron chi connectivity index (χ1n) is 22.3. The Morgan fingerprint density at radius 1 is 0.571 bits per heavy atom. The summed E-state index contributed by atoms with van der Waals surface area (Å²) in [6, 6.07) is -0.731. The highest BCUT2D eigenvalue weighted by Crippen LogP contribution is 2.14. The maximum Gasteiger partial charge on any atom is 0.306 e. The monoisotopic (exact) mass is 786 g/mol. The molecule has 0 saturated heterocycles. The van der Waals surface area contributed by atoms with Crippen molar-refractivity contribution in [3.05, 3.63) is 60.8 Å². The Kier molecular flexibility index (Phi) is 36.8. The van der Waals surface area contributed by atoms with E-state index in [-0.39, 0.29) is 42.7 Å². The van der Waals surface area contributed by atoms with Gasteiger partial charge in [0.2, 0.25) is 0 Å². The van der Waals surface area contributed by atoms with Gasteiger partial charge >= 0.3 is 11.9 Å². The van der Waals surface area contributed by atoms with Crippen molar-refractivity contribution in [2.75, 3.05) is 41.0 Å². The summed E-state index contributed by atoms with van der Waals surface area (Å²) < 4.78 is 17.1. The molecule has 0 aliphatic carbocycles. The van der Waals surface area contributed by atoms with E-state index in [1.165, 1.54) is 70.6 Å². The third kappa shape index (κ3) is 36.7. The normalized spacial score (nSPS) is 13.5. The fourth-order valence-electron chi connectivity index (χ4n) is 6.18. The second-order valence-electron chi connectivity index (χ2n) is 15.9. The standard InChI is InChI=1S/C48H83NO7/c1-6-8-10-12-14-16-18-19-20-21-22-23-24-25-26-27-29-31-33-35-37-39-47(51)56-44(42-54-41-40-45(48(52)53)49(3,4)5)43-55-46(50)38-36-34-32-30-28-17-15-13-11-9-7-2/h8,10,13-17,19-20,28,44-45H,6-7,9,11-12,18,21-27,29-43H2,1-5H3/b10-8+,15-13+,16-14+,20-19+,28-17+. The highest BCUT2D eigenvalue weighted by Gasteiger charge is 2.25. The quantitative estimate of drug-likeness (QED) is 0.0201. The summed E-state index contributed by atoms with van der Waals surface area (Å²) in [6.45, 7) is 4.46. The Balaban J connectivity index is 4.29. The number of carbonyl (C=O) groups excluding carboxylic acids is 3. The van der Waals surface area contributed by atoms with Crippen molar-refractivity contribution in [1.29, 1.82) is 0 Å². The average Bonchev–Trinajstić information content (AvgIpc) is 3.15. The molecule has 2 unspecified atom stereocenters. The van der Waals surface area contributed by atoms with Crippen LogP contribution in [0.2, 0.25) is 0 Å². The van der Waals surface area contributed by atoms with Crippen LogP contribution in [0.5, 0.6) is 0 Å². The first kappa shape index (κ1) is 53.0. The number of carbonyl (C=O) groups is 3. The maximum atomic E-state index is 12.7. The Morgan fingerprint density at radius 3 is 1.61 bits per heavy atom. The second-order valence-corrected chi connectivity index (χ2v) is 15.9. The van der Waals surface area contributed by atoms with E-state index >= 15 is 0 Å². The number of nitrogens with zero attached hydrogens (tertiary/aromatic N) is 1. The molecule has 0 aliphatic heterocycles. The number of esters is 2.